The second-order valence-corrected chi connectivity index (χ2v) is 4.86. The van der Waals surface area contributed by atoms with E-state index >= 15 is 0 Å². The lowest BCUT2D eigenvalue weighted by atomic mass is 10.2. The lowest BCUT2D eigenvalue weighted by Crippen LogP contribution is -2.21. The smallest absolute Gasteiger partial charge is 0.0817 e. The van der Waals surface area contributed by atoms with Crippen LogP contribution in [0.15, 0.2) is 6.20 Å². The van der Waals surface area contributed by atoms with E-state index in [1.165, 1.54) is 0 Å². The van der Waals surface area contributed by atoms with Crippen LogP contribution in [-0.4, -0.2) is 22.9 Å². The maximum atomic E-state index is 6.08. The molecule has 1 rings (SSSR count). The molecular weight excluding hydrogens is 222 g/mol. The zero-order valence-electron chi connectivity index (χ0n) is 10.5. The fourth-order valence-electron chi connectivity index (χ4n) is 1.68. The molecule has 3 nitrogen and oxygen atoms in total. The molecule has 92 valence electrons. The lowest BCUT2D eigenvalue weighted by Gasteiger charge is -2.08. The Morgan fingerprint density at radius 3 is 2.88 bits per heavy atom. The van der Waals surface area contributed by atoms with E-state index in [1.807, 2.05) is 4.68 Å². The van der Waals surface area contributed by atoms with Crippen molar-refractivity contribution in [2.45, 2.75) is 40.2 Å². The molecule has 0 saturated carbocycles. The number of hydrogen-bond acceptors (Lipinski definition) is 2. The van der Waals surface area contributed by atoms with Gasteiger partial charge in [-0.15, -0.1) is 0 Å². The molecule has 1 aromatic rings. The molecule has 0 aliphatic rings. The van der Waals surface area contributed by atoms with E-state index in [9.17, 15) is 0 Å². The number of aryl methyl sites for hydroxylation is 1. The van der Waals surface area contributed by atoms with E-state index in [0.717, 1.165) is 43.2 Å². The van der Waals surface area contributed by atoms with Gasteiger partial charge in [-0.2, -0.15) is 5.10 Å². The third-order valence-electron chi connectivity index (χ3n) is 2.52. The molecule has 0 bridgehead atoms. The summed E-state index contributed by atoms with van der Waals surface area (Å²) >= 11 is 6.08. The van der Waals surface area contributed by atoms with E-state index < -0.39 is 0 Å². The van der Waals surface area contributed by atoms with E-state index in [-0.39, 0.29) is 0 Å². The molecule has 0 atom stereocenters. The van der Waals surface area contributed by atoms with Crippen molar-refractivity contribution in [3.63, 3.8) is 0 Å². The highest BCUT2D eigenvalue weighted by molar-refractivity contribution is 6.31. The summed E-state index contributed by atoms with van der Waals surface area (Å²) in [5, 5.41) is 8.45. The lowest BCUT2D eigenvalue weighted by molar-refractivity contribution is 0.534. The van der Waals surface area contributed by atoms with Crippen LogP contribution in [-0.2, 0) is 13.0 Å². The van der Waals surface area contributed by atoms with Gasteiger partial charge in [0.2, 0.25) is 0 Å². The highest BCUT2D eigenvalue weighted by Crippen LogP contribution is 2.16. The third-order valence-corrected chi connectivity index (χ3v) is 2.83. The molecule has 1 aromatic heterocycles. The van der Waals surface area contributed by atoms with Crippen molar-refractivity contribution in [3.8, 4) is 0 Å². The van der Waals surface area contributed by atoms with Crippen molar-refractivity contribution in [2.24, 2.45) is 5.92 Å². The summed E-state index contributed by atoms with van der Waals surface area (Å²) in [6.45, 7) is 9.54. The van der Waals surface area contributed by atoms with E-state index in [2.05, 4.69) is 31.2 Å². The Balaban J connectivity index is 2.28. The number of aromatic nitrogens is 2. The Kier molecular flexibility index (Phi) is 5.85. The first-order valence-electron chi connectivity index (χ1n) is 6.06. The van der Waals surface area contributed by atoms with Gasteiger partial charge in [0.05, 0.1) is 16.9 Å². The third kappa shape index (κ3) is 4.14. The van der Waals surface area contributed by atoms with Gasteiger partial charge in [0.25, 0.3) is 0 Å². The molecule has 0 aliphatic heterocycles. The number of rotatable bonds is 7. The predicted molar refractivity (Wildman–Crippen MR) is 68.9 cm³/mol. The molecule has 0 unspecified atom stereocenters. The van der Waals surface area contributed by atoms with E-state index in [4.69, 9.17) is 11.6 Å². The Labute approximate surface area is 103 Å². The molecule has 4 heteroatoms. The van der Waals surface area contributed by atoms with Gasteiger partial charge in [-0.25, -0.2) is 0 Å². The topological polar surface area (TPSA) is 29.9 Å². The van der Waals surface area contributed by atoms with E-state index in [1.54, 1.807) is 6.20 Å². The SMILES string of the molecule is CCn1ncc(Cl)c1CCCNCC(C)C. The second kappa shape index (κ2) is 6.92. The minimum absolute atomic E-state index is 0.713. The number of nitrogens with zero attached hydrogens (tertiary/aromatic N) is 2. The minimum Gasteiger partial charge on any atom is -0.316 e. The summed E-state index contributed by atoms with van der Waals surface area (Å²) in [5.41, 5.74) is 1.16. The summed E-state index contributed by atoms with van der Waals surface area (Å²) in [5.74, 6) is 0.713. The Morgan fingerprint density at radius 2 is 2.25 bits per heavy atom. The maximum Gasteiger partial charge on any atom is 0.0817 e. The summed E-state index contributed by atoms with van der Waals surface area (Å²) < 4.78 is 1.98. The monoisotopic (exact) mass is 243 g/mol. The molecule has 0 aromatic carbocycles. The number of hydrogen-bond donors (Lipinski definition) is 1. The van der Waals surface area contributed by atoms with Gasteiger partial charge in [0, 0.05) is 6.54 Å². The molecule has 0 spiro atoms. The molecule has 0 fully saturated rings. The van der Waals surface area contributed by atoms with Crippen LogP contribution in [0.5, 0.6) is 0 Å². The Morgan fingerprint density at radius 1 is 1.50 bits per heavy atom. The van der Waals surface area contributed by atoms with Crippen molar-refractivity contribution >= 4 is 11.6 Å². The van der Waals surface area contributed by atoms with Crippen LogP contribution in [0.25, 0.3) is 0 Å². The Hall–Kier alpha value is -0.540. The fraction of sp³-hybridized carbons (Fsp3) is 0.750. The highest BCUT2D eigenvalue weighted by Gasteiger charge is 2.06. The van der Waals surface area contributed by atoms with Gasteiger partial charge in [0.1, 0.15) is 0 Å². The quantitative estimate of drug-likeness (QED) is 0.747. The van der Waals surface area contributed by atoms with Crippen molar-refractivity contribution in [3.05, 3.63) is 16.9 Å². The van der Waals surface area contributed by atoms with E-state index in [0.29, 0.717) is 5.92 Å². The predicted octanol–water partition coefficient (Wildman–Crippen LogP) is 2.73. The average Bonchev–Trinajstić information content (AvgIpc) is 2.59. The van der Waals surface area contributed by atoms with Crippen LogP contribution in [0.2, 0.25) is 5.02 Å². The van der Waals surface area contributed by atoms with Gasteiger partial charge in [-0.3, -0.25) is 4.68 Å². The summed E-state index contributed by atoms with van der Waals surface area (Å²) in [4.78, 5) is 0. The van der Waals surface area contributed by atoms with Crippen LogP contribution in [0.4, 0.5) is 0 Å². The summed E-state index contributed by atoms with van der Waals surface area (Å²) in [6.07, 6.45) is 3.85. The Bertz CT molecular complexity index is 307. The zero-order chi connectivity index (χ0) is 12.0. The molecule has 1 N–H and O–H groups in total. The zero-order valence-corrected chi connectivity index (χ0v) is 11.2. The average molecular weight is 244 g/mol. The molecule has 16 heavy (non-hydrogen) atoms. The van der Waals surface area contributed by atoms with Crippen molar-refractivity contribution < 1.29 is 0 Å². The fourth-order valence-corrected chi connectivity index (χ4v) is 1.92. The second-order valence-electron chi connectivity index (χ2n) is 4.46. The van der Waals surface area contributed by atoms with Gasteiger partial charge in [-0.05, 0) is 38.8 Å². The molecule has 1 heterocycles. The highest BCUT2D eigenvalue weighted by atomic mass is 35.5. The number of halogens is 1. The molecule has 0 aliphatic carbocycles. The van der Waals surface area contributed by atoms with Crippen LogP contribution in [0.3, 0.4) is 0 Å². The largest absolute Gasteiger partial charge is 0.316 e. The summed E-state index contributed by atoms with van der Waals surface area (Å²) in [7, 11) is 0. The molecule has 0 radical (unpaired) electrons. The van der Waals surface area contributed by atoms with Crippen LogP contribution in [0.1, 0.15) is 32.9 Å². The van der Waals surface area contributed by atoms with Crippen molar-refractivity contribution in [1.82, 2.24) is 15.1 Å². The first-order chi connectivity index (χ1) is 7.65. The van der Waals surface area contributed by atoms with Crippen LogP contribution in [0, 0.1) is 5.92 Å². The van der Waals surface area contributed by atoms with Gasteiger partial charge in [-0.1, -0.05) is 25.4 Å². The molecular formula is C12H22ClN3. The summed E-state index contributed by atoms with van der Waals surface area (Å²) in [6, 6.07) is 0. The van der Waals surface area contributed by atoms with Gasteiger partial charge >= 0.3 is 0 Å². The first kappa shape index (κ1) is 13.5. The first-order valence-corrected chi connectivity index (χ1v) is 6.43. The van der Waals surface area contributed by atoms with Crippen molar-refractivity contribution in [1.29, 1.82) is 0 Å². The number of nitrogens with one attached hydrogen (secondary N) is 1. The van der Waals surface area contributed by atoms with Gasteiger partial charge < -0.3 is 5.32 Å². The normalized spacial score (nSPS) is 11.3. The maximum absolute atomic E-state index is 6.08. The van der Waals surface area contributed by atoms with Gasteiger partial charge in [0.15, 0.2) is 0 Å². The van der Waals surface area contributed by atoms with Crippen molar-refractivity contribution in [2.75, 3.05) is 13.1 Å². The standard InChI is InChI=1S/C12H22ClN3/c1-4-16-12(11(13)9-15-16)6-5-7-14-8-10(2)3/h9-10,14H,4-8H2,1-3H3. The van der Waals surface area contributed by atoms with Crippen LogP contribution >= 0.6 is 11.6 Å². The van der Waals surface area contributed by atoms with Crippen LogP contribution < -0.4 is 5.32 Å². The minimum atomic E-state index is 0.713. The molecule has 0 amide bonds. The molecule has 0 saturated heterocycles.